The van der Waals surface area contributed by atoms with Crippen LogP contribution in [0.2, 0.25) is 0 Å². The fourth-order valence-corrected chi connectivity index (χ4v) is 1.94. The van der Waals surface area contributed by atoms with Crippen LogP contribution in [0.15, 0.2) is 46.9 Å². The minimum atomic E-state index is 0.0427. The summed E-state index contributed by atoms with van der Waals surface area (Å²) in [5.41, 5.74) is 8.37. The van der Waals surface area contributed by atoms with Crippen molar-refractivity contribution in [3.8, 4) is 5.75 Å². The number of hydrogen-bond donors (Lipinski definition) is 2. The lowest BCUT2D eigenvalue weighted by atomic mass is 10.2. The molecule has 3 nitrogen and oxygen atoms in total. The van der Waals surface area contributed by atoms with Crippen molar-refractivity contribution in [1.29, 1.82) is 0 Å². The summed E-state index contributed by atoms with van der Waals surface area (Å²) in [7, 11) is 0. The summed E-state index contributed by atoms with van der Waals surface area (Å²) in [6, 6.07) is 13.0. The zero-order chi connectivity index (χ0) is 13.0. The number of benzene rings is 2. The number of halogens is 1. The number of nitrogen functional groups attached to an aromatic ring is 1. The molecule has 2 aromatic carbocycles. The Labute approximate surface area is 114 Å². The summed E-state index contributed by atoms with van der Waals surface area (Å²) in [6.07, 6.45) is 0. The van der Waals surface area contributed by atoms with Crippen molar-refractivity contribution >= 4 is 21.6 Å². The molecule has 0 heterocycles. The normalized spacial score (nSPS) is 10.3. The third kappa shape index (κ3) is 3.03. The zero-order valence-corrected chi connectivity index (χ0v) is 11.4. The molecule has 0 spiro atoms. The van der Waals surface area contributed by atoms with Crippen LogP contribution in [0.25, 0.3) is 0 Å². The van der Waals surface area contributed by atoms with Crippen molar-refractivity contribution in [2.45, 2.75) is 13.2 Å². The van der Waals surface area contributed by atoms with Gasteiger partial charge in [-0.15, -0.1) is 0 Å². The van der Waals surface area contributed by atoms with E-state index in [0.717, 1.165) is 21.3 Å². The topological polar surface area (TPSA) is 55.5 Å². The fourth-order valence-electron chi connectivity index (χ4n) is 1.56. The molecule has 0 aliphatic carbocycles. The molecule has 0 amide bonds. The third-order valence-corrected chi connectivity index (χ3v) is 3.58. The molecule has 2 rings (SSSR count). The first-order valence-electron chi connectivity index (χ1n) is 5.56. The van der Waals surface area contributed by atoms with Gasteiger partial charge >= 0.3 is 0 Å². The van der Waals surface area contributed by atoms with E-state index in [1.807, 2.05) is 42.5 Å². The van der Waals surface area contributed by atoms with E-state index in [-0.39, 0.29) is 6.61 Å². The Morgan fingerprint density at radius 2 is 1.83 bits per heavy atom. The zero-order valence-electron chi connectivity index (χ0n) is 9.77. The van der Waals surface area contributed by atoms with Crippen LogP contribution in [0.4, 0.5) is 5.69 Å². The second kappa shape index (κ2) is 5.89. The lowest BCUT2D eigenvalue weighted by molar-refractivity contribution is 0.280. The number of ether oxygens (including phenoxy) is 1. The van der Waals surface area contributed by atoms with E-state index in [0.29, 0.717) is 12.3 Å². The molecule has 0 aromatic heterocycles. The van der Waals surface area contributed by atoms with Gasteiger partial charge in [0.25, 0.3) is 0 Å². The first kappa shape index (κ1) is 12.9. The Kier molecular flexibility index (Phi) is 4.23. The number of rotatable bonds is 4. The van der Waals surface area contributed by atoms with Gasteiger partial charge < -0.3 is 15.6 Å². The van der Waals surface area contributed by atoms with Crippen molar-refractivity contribution in [3.63, 3.8) is 0 Å². The van der Waals surface area contributed by atoms with Crippen LogP contribution in [0.5, 0.6) is 5.75 Å². The first-order chi connectivity index (χ1) is 8.70. The quantitative estimate of drug-likeness (QED) is 0.853. The van der Waals surface area contributed by atoms with Crippen LogP contribution in [0.1, 0.15) is 11.1 Å². The van der Waals surface area contributed by atoms with E-state index in [9.17, 15) is 0 Å². The Balaban J connectivity index is 2.04. The average molecular weight is 308 g/mol. The maximum absolute atomic E-state index is 8.94. The largest absolute Gasteiger partial charge is 0.489 e. The number of hydrogen-bond acceptors (Lipinski definition) is 3. The second-order valence-electron chi connectivity index (χ2n) is 3.91. The minimum absolute atomic E-state index is 0.0427. The molecule has 18 heavy (non-hydrogen) atoms. The number of aliphatic hydroxyl groups is 1. The Morgan fingerprint density at radius 1 is 1.11 bits per heavy atom. The van der Waals surface area contributed by atoms with Crippen molar-refractivity contribution < 1.29 is 9.84 Å². The van der Waals surface area contributed by atoms with Gasteiger partial charge in [-0.2, -0.15) is 0 Å². The average Bonchev–Trinajstić information content (AvgIpc) is 2.41. The predicted octanol–water partition coefficient (Wildman–Crippen LogP) is 3.10. The fraction of sp³-hybridized carbons (Fsp3) is 0.143. The molecule has 94 valence electrons. The van der Waals surface area contributed by atoms with E-state index in [2.05, 4.69) is 15.9 Å². The standard InChI is InChI=1S/C14H14BrNO2/c15-14-11(2-1-3-13(14)16)9-18-12-6-4-10(8-17)5-7-12/h1-7,17H,8-9,16H2. The van der Waals surface area contributed by atoms with E-state index in [4.69, 9.17) is 15.6 Å². The molecule has 0 unspecified atom stereocenters. The van der Waals surface area contributed by atoms with Crippen molar-refractivity contribution in [2.24, 2.45) is 0 Å². The van der Waals surface area contributed by atoms with Crippen LogP contribution in [-0.2, 0) is 13.2 Å². The van der Waals surface area contributed by atoms with Gasteiger partial charge in [-0.3, -0.25) is 0 Å². The first-order valence-corrected chi connectivity index (χ1v) is 6.35. The van der Waals surface area contributed by atoms with Crippen LogP contribution in [0, 0.1) is 0 Å². The Morgan fingerprint density at radius 3 is 2.50 bits per heavy atom. The lowest BCUT2D eigenvalue weighted by Gasteiger charge is -2.09. The van der Waals surface area contributed by atoms with E-state index >= 15 is 0 Å². The monoisotopic (exact) mass is 307 g/mol. The maximum Gasteiger partial charge on any atom is 0.119 e. The Hall–Kier alpha value is -1.52. The van der Waals surface area contributed by atoms with Gasteiger partial charge in [-0.1, -0.05) is 24.3 Å². The second-order valence-corrected chi connectivity index (χ2v) is 4.70. The molecule has 0 fully saturated rings. The molecule has 4 heteroatoms. The summed E-state index contributed by atoms with van der Waals surface area (Å²) < 4.78 is 6.53. The van der Waals surface area contributed by atoms with Crippen LogP contribution < -0.4 is 10.5 Å². The molecule has 0 radical (unpaired) electrons. The molecule has 0 saturated heterocycles. The molecule has 0 atom stereocenters. The minimum Gasteiger partial charge on any atom is -0.489 e. The number of anilines is 1. The van der Waals surface area contributed by atoms with Gasteiger partial charge in [-0.25, -0.2) is 0 Å². The highest BCUT2D eigenvalue weighted by Gasteiger charge is 2.03. The Bertz CT molecular complexity index is 526. The van der Waals surface area contributed by atoms with Crippen molar-refractivity contribution in [2.75, 3.05) is 5.73 Å². The molecule has 0 bridgehead atoms. The SMILES string of the molecule is Nc1cccc(COc2ccc(CO)cc2)c1Br. The van der Waals surface area contributed by atoms with Crippen molar-refractivity contribution in [1.82, 2.24) is 0 Å². The number of nitrogens with two attached hydrogens (primary N) is 1. The highest BCUT2D eigenvalue weighted by molar-refractivity contribution is 9.10. The maximum atomic E-state index is 8.94. The van der Waals surface area contributed by atoms with E-state index in [1.165, 1.54) is 0 Å². The molecule has 0 aliphatic heterocycles. The van der Waals surface area contributed by atoms with Gasteiger partial charge in [-0.05, 0) is 39.7 Å². The molecular formula is C14H14BrNO2. The van der Waals surface area contributed by atoms with E-state index < -0.39 is 0 Å². The highest BCUT2D eigenvalue weighted by Crippen LogP contribution is 2.25. The molecule has 3 N–H and O–H groups in total. The van der Waals surface area contributed by atoms with Crippen LogP contribution in [-0.4, -0.2) is 5.11 Å². The van der Waals surface area contributed by atoms with Crippen molar-refractivity contribution in [3.05, 3.63) is 58.1 Å². The summed E-state index contributed by atoms with van der Waals surface area (Å²) in [6.45, 7) is 0.491. The predicted molar refractivity (Wildman–Crippen MR) is 75.3 cm³/mol. The van der Waals surface area contributed by atoms with Crippen LogP contribution in [0.3, 0.4) is 0 Å². The van der Waals surface area contributed by atoms with Crippen LogP contribution >= 0.6 is 15.9 Å². The third-order valence-electron chi connectivity index (χ3n) is 2.61. The van der Waals surface area contributed by atoms with E-state index in [1.54, 1.807) is 0 Å². The summed E-state index contributed by atoms with van der Waals surface area (Å²) in [5.74, 6) is 0.765. The smallest absolute Gasteiger partial charge is 0.119 e. The molecule has 0 aliphatic rings. The molecule has 0 saturated carbocycles. The molecular weight excluding hydrogens is 294 g/mol. The lowest BCUT2D eigenvalue weighted by Crippen LogP contribution is -1.98. The summed E-state index contributed by atoms with van der Waals surface area (Å²) >= 11 is 3.44. The summed E-state index contributed by atoms with van der Waals surface area (Å²) in [5, 5.41) is 8.94. The summed E-state index contributed by atoms with van der Waals surface area (Å²) in [4.78, 5) is 0. The highest BCUT2D eigenvalue weighted by atomic mass is 79.9. The van der Waals surface area contributed by atoms with Gasteiger partial charge in [0.2, 0.25) is 0 Å². The van der Waals surface area contributed by atoms with Gasteiger partial charge in [0.1, 0.15) is 12.4 Å². The number of aliphatic hydroxyl groups excluding tert-OH is 1. The van der Waals surface area contributed by atoms with Gasteiger partial charge in [0, 0.05) is 15.7 Å². The van der Waals surface area contributed by atoms with Gasteiger partial charge in [0.15, 0.2) is 0 Å². The molecule has 2 aromatic rings. The van der Waals surface area contributed by atoms with Gasteiger partial charge in [0.05, 0.1) is 6.61 Å².